The molecule has 0 aromatic heterocycles. The second-order valence-electron chi connectivity index (χ2n) is 7.05. The van der Waals surface area contributed by atoms with Crippen LogP contribution in [0.2, 0.25) is 5.02 Å². The summed E-state index contributed by atoms with van der Waals surface area (Å²) >= 11 is 5.89. The molecule has 2 atom stereocenters. The molecule has 1 fully saturated rings. The highest BCUT2D eigenvalue weighted by atomic mass is 35.5. The third-order valence-corrected chi connectivity index (χ3v) is 8.13. The van der Waals surface area contributed by atoms with E-state index in [1.54, 1.807) is 6.92 Å². The van der Waals surface area contributed by atoms with Gasteiger partial charge in [-0.3, -0.25) is 4.79 Å². The molecule has 2 aromatic rings. The van der Waals surface area contributed by atoms with Gasteiger partial charge >= 0.3 is 5.97 Å². The molecule has 2 aromatic carbocycles. The van der Waals surface area contributed by atoms with Crippen LogP contribution in [0.1, 0.15) is 44.6 Å². The number of benzene rings is 2. The van der Waals surface area contributed by atoms with Crippen LogP contribution in [0.4, 0.5) is 8.78 Å². The van der Waals surface area contributed by atoms with E-state index < -0.39 is 38.3 Å². The van der Waals surface area contributed by atoms with E-state index in [0.717, 1.165) is 18.2 Å². The minimum Gasteiger partial charge on any atom is -0.460 e. The van der Waals surface area contributed by atoms with Crippen molar-refractivity contribution in [2.75, 3.05) is 0 Å². The lowest BCUT2D eigenvalue weighted by Gasteiger charge is -2.43. The molecule has 0 aliphatic heterocycles. The first-order valence-electron chi connectivity index (χ1n) is 9.37. The zero-order valence-electron chi connectivity index (χ0n) is 15.8. The number of carbonyl (C=O) groups excluding carboxylic acids is 1. The van der Waals surface area contributed by atoms with Crippen LogP contribution in [-0.4, -0.2) is 20.5 Å². The van der Waals surface area contributed by atoms with Crippen LogP contribution in [0.5, 0.6) is 0 Å². The van der Waals surface area contributed by atoms with Gasteiger partial charge in [0.05, 0.1) is 4.90 Å². The average molecular weight is 443 g/mol. The molecule has 156 valence electrons. The van der Waals surface area contributed by atoms with Gasteiger partial charge in [-0.2, -0.15) is 0 Å². The van der Waals surface area contributed by atoms with Gasteiger partial charge in [0.1, 0.15) is 22.5 Å². The summed E-state index contributed by atoms with van der Waals surface area (Å²) in [6.07, 6.45) is 0.202. The third-order valence-electron chi connectivity index (χ3n) is 5.33. The van der Waals surface area contributed by atoms with E-state index in [1.165, 1.54) is 24.3 Å². The fraction of sp³-hybridized carbons (Fsp3) is 0.381. The van der Waals surface area contributed by atoms with Gasteiger partial charge in [0.25, 0.3) is 0 Å². The molecule has 0 radical (unpaired) electrons. The third kappa shape index (κ3) is 3.90. The van der Waals surface area contributed by atoms with Crippen molar-refractivity contribution in [2.24, 2.45) is 0 Å². The summed E-state index contributed by atoms with van der Waals surface area (Å²) in [4.78, 5) is 12.0. The van der Waals surface area contributed by atoms with Crippen LogP contribution in [-0.2, 0) is 24.1 Å². The summed E-state index contributed by atoms with van der Waals surface area (Å²) < 4.78 is 60.2. The van der Waals surface area contributed by atoms with E-state index in [9.17, 15) is 22.0 Å². The van der Waals surface area contributed by atoms with Gasteiger partial charge in [0.15, 0.2) is 9.84 Å². The van der Waals surface area contributed by atoms with Gasteiger partial charge in [-0.05, 0) is 61.7 Å². The highest BCUT2D eigenvalue weighted by molar-refractivity contribution is 7.92. The Morgan fingerprint density at radius 1 is 1.17 bits per heavy atom. The van der Waals surface area contributed by atoms with E-state index in [-0.39, 0.29) is 29.7 Å². The summed E-state index contributed by atoms with van der Waals surface area (Å²) in [5.41, 5.74) is -0.318. The maximum absolute atomic E-state index is 14.9. The first-order valence-corrected chi connectivity index (χ1v) is 11.2. The van der Waals surface area contributed by atoms with E-state index in [2.05, 4.69) is 0 Å². The Bertz CT molecular complexity index is 1010. The predicted octanol–water partition coefficient (Wildman–Crippen LogP) is 5.18. The smallest absolute Gasteiger partial charge is 0.305 e. The Kier molecular flexibility index (Phi) is 6.29. The number of ether oxygens (including phenoxy) is 1. The lowest BCUT2D eigenvalue weighted by molar-refractivity contribution is -0.152. The number of rotatable bonds is 5. The molecule has 29 heavy (non-hydrogen) atoms. The van der Waals surface area contributed by atoms with E-state index in [4.69, 9.17) is 16.3 Å². The molecule has 1 aliphatic rings. The summed E-state index contributed by atoms with van der Waals surface area (Å²) in [7, 11) is -4.28. The van der Waals surface area contributed by atoms with Crippen molar-refractivity contribution in [2.45, 2.75) is 54.8 Å². The Morgan fingerprint density at radius 2 is 1.86 bits per heavy atom. The van der Waals surface area contributed by atoms with Crippen LogP contribution in [0.3, 0.4) is 0 Å². The fourth-order valence-corrected chi connectivity index (χ4v) is 6.33. The normalized spacial score (nSPS) is 22.3. The largest absolute Gasteiger partial charge is 0.460 e. The zero-order valence-corrected chi connectivity index (χ0v) is 17.4. The van der Waals surface area contributed by atoms with Crippen molar-refractivity contribution >= 4 is 27.4 Å². The van der Waals surface area contributed by atoms with Crippen LogP contribution in [0.15, 0.2) is 47.4 Å². The molecule has 4 nitrogen and oxygen atoms in total. The fourth-order valence-electron chi connectivity index (χ4n) is 3.91. The predicted molar refractivity (Wildman–Crippen MR) is 105 cm³/mol. The molecule has 2 unspecified atom stereocenters. The van der Waals surface area contributed by atoms with Crippen LogP contribution in [0.25, 0.3) is 0 Å². The Hall–Kier alpha value is -1.99. The lowest BCUT2D eigenvalue weighted by Crippen LogP contribution is -2.51. The van der Waals surface area contributed by atoms with Crippen LogP contribution in [0, 0.1) is 11.6 Å². The number of sulfone groups is 1. The quantitative estimate of drug-likeness (QED) is 0.598. The molecule has 0 saturated heterocycles. The summed E-state index contributed by atoms with van der Waals surface area (Å²) in [5, 5.41) is 0.340. The molecule has 1 saturated carbocycles. The first-order chi connectivity index (χ1) is 13.7. The Labute approximate surface area is 173 Å². The topological polar surface area (TPSA) is 60.4 Å². The van der Waals surface area contributed by atoms with Gasteiger partial charge in [-0.1, -0.05) is 24.9 Å². The molecule has 3 rings (SSSR count). The molecular weight excluding hydrogens is 422 g/mol. The van der Waals surface area contributed by atoms with Crippen molar-refractivity contribution in [1.29, 1.82) is 0 Å². The second kappa shape index (κ2) is 8.40. The van der Waals surface area contributed by atoms with Gasteiger partial charge in [-0.15, -0.1) is 0 Å². The van der Waals surface area contributed by atoms with Crippen LogP contribution < -0.4 is 0 Å². The van der Waals surface area contributed by atoms with Crippen molar-refractivity contribution in [1.82, 2.24) is 0 Å². The van der Waals surface area contributed by atoms with E-state index in [1.807, 2.05) is 0 Å². The molecule has 1 aliphatic carbocycles. The maximum Gasteiger partial charge on any atom is 0.305 e. The van der Waals surface area contributed by atoms with Gasteiger partial charge < -0.3 is 4.74 Å². The number of hydrogen-bond donors (Lipinski definition) is 0. The standard InChI is InChI=1S/C21H21ClF2O4S/c1-2-20(25)28-19-5-3-4-12-21(19,17-13-15(23)8-11-18(17)24)29(26,27)16-9-6-14(22)7-10-16/h6-11,13,19H,2-5,12H2,1H3. The van der Waals surface area contributed by atoms with Crippen molar-refractivity contribution < 1.29 is 26.7 Å². The molecule has 0 spiro atoms. The van der Waals surface area contributed by atoms with Crippen LogP contribution >= 0.6 is 11.6 Å². The minimum absolute atomic E-state index is 0.00000591. The molecule has 0 N–H and O–H groups in total. The highest BCUT2D eigenvalue weighted by Crippen LogP contribution is 2.49. The maximum atomic E-state index is 14.9. The summed E-state index contributed by atoms with van der Waals surface area (Å²) in [5.74, 6) is -2.22. The summed E-state index contributed by atoms with van der Waals surface area (Å²) in [6.45, 7) is 1.59. The SMILES string of the molecule is CCC(=O)OC1CCCCC1(c1cc(F)ccc1F)S(=O)(=O)c1ccc(Cl)cc1. The Balaban J connectivity index is 2.29. The average Bonchev–Trinajstić information content (AvgIpc) is 2.70. The number of halogens is 3. The van der Waals surface area contributed by atoms with E-state index >= 15 is 0 Å². The number of esters is 1. The molecule has 0 bridgehead atoms. The molecule has 8 heteroatoms. The molecular formula is C21H21ClF2O4S. The number of carbonyl (C=O) groups is 1. The number of hydrogen-bond acceptors (Lipinski definition) is 4. The molecule has 0 heterocycles. The highest BCUT2D eigenvalue weighted by Gasteiger charge is 2.56. The molecule has 0 amide bonds. The zero-order chi connectivity index (χ0) is 21.2. The monoisotopic (exact) mass is 442 g/mol. The lowest BCUT2D eigenvalue weighted by atomic mass is 9.80. The minimum atomic E-state index is -4.28. The Morgan fingerprint density at radius 3 is 2.52 bits per heavy atom. The summed E-state index contributed by atoms with van der Waals surface area (Å²) in [6, 6.07) is 8.20. The van der Waals surface area contributed by atoms with Gasteiger partial charge in [0.2, 0.25) is 0 Å². The van der Waals surface area contributed by atoms with Gasteiger partial charge in [0, 0.05) is 17.0 Å². The van der Waals surface area contributed by atoms with Gasteiger partial charge in [-0.25, -0.2) is 17.2 Å². The van der Waals surface area contributed by atoms with Crippen molar-refractivity contribution in [3.63, 3.8) is 0 Å². The first kappa shape index (κ1) is 21.7. The second-order valence-corrected chi connectivity index (χ2v) is 9.69. The van der Waals surface area contributed by atoms with Crippen molar-refractivity contribution in [3.05, 3.63) is 64.7 Å². The van der Waals surface area contributed by atoms with Crippen molar-refractivity contribution in [3.8, 4) is 0 Å². The van der Waals surface area contributed by atoms with E-state index in [0.29, 0.717) is 17.9 Å².